The molecular formula is C23H42BrN3O8. The van der Waals surface area contributed by atoms with Crippen molar-refractivity contribution in [3.05, 3.63) is 0 Å². The molecule has 35 heavy (non-hydrogen) atoms. The third-order valence-electron chi connectivity index (χ3n) is 5.17. The van der Waals surface area contributed by atoms with Gasteiger partial charge in [-0.2, -0.15) is 0 Å². The molecule has 2 unspecified atom stereocenters. The SMILES string of the molecule is Br.CCOC(=O)CN(CC(=O)OCC)CC1CCCC(CN(CC(=O)OCC)CC(=O)OCC)N1. The predicted octanol–water partition coefficient (Wildman–Crippen LogP) is 0.931. The van der Waals surface area contributed by atoms with Crippen molar-refractivity contribution in [3.63, 3.8) is 0 Å². The molecular weight excluding hydrogens is 526 g/mol. The smallest absolute Gasteiger partial charge is 0.320 e. The molecule has 0 aromatic rings. The van der Waals surface area contributed by atoms with E-state index in [-0.39, 0.29) is 81.7 Å². The van der Waals surface area contributed by atoms with Gasteiger partial charge < -0.3 is 24.3 Å². The lowest BCUT2D eigenvalue weighted by Gasteiger charge is -2.36. The molecule has 0 aromatic heterocycles. The van der Waals surface area contributed by atoms with Gasteiger partial charge in [-0.25, -0.2) is 0 Å². The highest BCUT2D eigenvalue weighted by Crippen LogP contribution is 2.15. The van der Waals surface area contributed by atoms with E-state index in [2.05, 4.69) is 5.32 Å². The molecule has 1 saturated heterocycles. The normalized spacial score (nSPS) is 17.4. The van der Waals surface area contributed by atoms with Crippen LogP contribution < -0.4 is 5.32 Å². The molecule has 0 radical (unpaired) electrons. The van der Waals surface area contributed by atoms with Gasteiger partial charge in [0.05, 0.1) is 52.6 Å². The number of halogens is 1. The lowest BCUT2D eigenvalue weighted by atomic mass is 9.97. The Hall–Kier alpha value is -1.76. The summed E-state index contributed by atoms with van der Waals surface area (Å²) in [7, 11) is 0. The first-order valence-electron chi connectivity index (χ1n) is 12.1. The van der Waals surface area contributed by atoms with Crippen molar-refractivity contribution >= 4 is 40.9 Å². The standard InChI is InChI=1S/C23H41N3O8.BrH/c1-5-31-20(27)14-25(15-21(28)32-6-2)12-18-10-9-11-19(24-18)13-26(16-22(29)33-7-3)17-23(30)34-8-4;/h18-19,24H,5-17H2,1-4H3;1H. The van der Waals surface area contributed by atoms with Gasteiger partial charge in [0.25, 0.3) is 0 Å². The van der Waals surface area contributed by atoms with Crippen LogP contribution >= 0.6 is 17.0 Å². The zero-order chi connectivity index (χ0) is 25.3. The van der Waals surface area contributed by atoms with Gasteiger partial charge in [-0.15, -0.1) is 17.0 Å². The first kappa shape index (κ1) is 33.2. The topological polar surface area (TPSA) is 124 Å². The first-order chi connectivity index (χ1) is 16.3. The maximum atomic E-state index is 12.0. The van der Waals surface area contributed by atoms with Crippen molar-refractivity contribution in [1.29, 1.82) is 0 Å². The van der Waals surface area contributed by atoms with Crippen LogP contribution in [0.2, 0.25) is 0 Å². The summed E-state index contributed by atoms with van der Waals surface area (Å²) < 4.78 is 20.2. The third kappa shape index (κ3) is 15.1. The maximum Gasteiger partial charge on any atom is 0.320 e. The Kier molecular flexibility index (Phi) is 18.5. The number of nitrogens with one attached hydrogen (secondary N) is 1. The van der Waals surface area contributed by atoms with E-state index in [0.29, 0.717) is 13.1 Å². The highest BCUT2D eigenvalue weighted by molar-refractivity contribution is 8.93. The molecule has 1 aliphatic heterocycles. The highest BCUT2D eigenvalue weighted by Gasteiger charge is 2.28. The van der Waals surface area contributed by atoms with Crippen LogP contribution in [0.15, 0.2) is 0 Å². The van der Waals surface area contributed by atoms with Crippen molar-refractivity contribution in [2.45, 2.75) is 59.0 Å². The van der Waals surface area contributed by atoms with Gasteiger partial charge in [0.15, 0.2) is 0 Å². The Morgan fingerprint density at radius 1 is 0.629 bits per heavy atom. The number of rotatable bonds is 16. The molecule has 1 N–H and O–H groups in total. The summed E-state index contributed by atoms with van der Waals surface area (Å²) in [6, 6.07) is 0.0456. The second kappa shape index (κ2) is 19.4. The van der Waals surface area contributed by atoms with Crippen molar-refractivity contribution in [1.82, 2.24) is 15.1 Å². The summed E-state index contributed by atoms with van der Waals surface area (Å²) >= 11 is 0. The molecule has 12 heteroatoms. The van der Waals surface area contributed by atoms with Gasteiger partial charge in [0.2, 0.25) is 0 Å². The summed E-state index contributed by atoms with van der Waals surface area (Å²) in [6.07, 6.45) is 2.67. The van der Waals surface area contributed by atoms with E-state index in [1.165, 1.54) is 0 Å². The van der Waals surface area contributed by atoms with E-state index >= 15 is 0 Å². The lowest BCUT2D eigenvalue weighted by Crippen LogP contribution is -2.54. The largest absolute Gasteiger partial charge is 0.465 e. The Morgan fingerprint density at radius 3 is 1.17 bits per heavy atom. The number of nitrogens with zero attached hydrogens (tertiary/aromatic N) is 2. The van der Waals surface area contributed by atoms with Crippen LogP contribution in [0, 0.1) is 0 Å². The minimum Gasteiger partial charge on any atom is -0.465 e. The van der Waals surface area contributed by atoms with Crippen molar-refractivity contribution < 1.29 is 38.1 Å². The summed E-state index contributed by atoms with van der Waals surface area (Å²) in [4.78, 5) is 51.6. The number of hydrogen-bond acceptors (Lipinski definition) is 11. The van der Waals surface area contributed by atoms with Crippen LogP contribution in [-0.2, 0) is 38.1 Å². The molecule has 204 valence electrons. The molecule has 2 atom stereocenters. The van der Waals surface area contributed by atoms with E-state index in [1.807, 2.05) is 0 Å². The van der Waals surface area contributed by atoms with Gasteiger partial charge in [0.1, 0.15) is 0 Å². The summed E-state index contributed by atoms with van der Waals surface area (Å²) in [5, 5.41) is 3.54. The van der Waals surface area contributed by atoms with E-state index in [0.717, 1.165) is 19.3 Å². The fourth-order valence-corrected chi connectivity index (χ4v) is 3.95. The van der Waals surface area contributed by atoms with Crippen LogP contribution in [0.3, 0.4) is 0 Å². The number of ether oxygens (including phenoxy) is 4. The van der Waals surface area contributed by atoms with Crippen LogP contribution in [0.4, 0.5) is 0 Å². The van der Waals surface area contributed by atoms with Crippen molar-refractivity contribution in [3.8, 4) is 0 Å². The van der Waals surface area contributed by atoms with Crippen LogP contribution in [-0.4, -0.2) is 111 Å². The van der Waals surface area contributed by atoms with Gasteiger partial charge >= 0.3 is 23.9 Å². The number of hydrogen-bond donors (Lipinski definition) is 1. The minimum absolute atomic E-state index is 0. The van der Waals surface area contributed by atoms with Gasteiger partial charge in [-0.05, 0) is 40.5 Å². The van der Waals surface area contributed by atoms with Crippen LogP contribution in [0.25, 0.3) is 0 Å². The summed E-state index contributed by atoms with van der Waals surface area (Å²) in [6.45, 7) is 8.92. The molecule has 0 bridgehead atoms. The Labute approximate surface area is 218 Å². The number of esters is 4. The fraction of sp³-hybridized carbons (Fsp3) is 0.826. The molecule has 1 heterocycles. The zero-order valence-electron chi connectivity index (χ0n) is 21.4. The molecule has 0 spiro atoms. The van der Waals surface area contributed by atoms with E-state index < -0.39 is 23.9 Å². The second-order valence-corrected chi connectivity index (χ2v) is 8.05. The summed E-state index contributed by atoms with van der Waals surface area (Å²) in [5.74, 6) is -1.58. The number of carbonyl (C=O) groups excluding carboxylic acids is 4. The third-order valence-corrected chi connectivity index (χ3v) is 5.17. The molecule has 0 amide bonds. The number of piperidine rings is 1. The highest BCUT2D eigenvalue weighted by atomic mass is 79.9. The van der Waals surface area contributed by atoms with Gasteiger partial charge in [-0.1, -0.05) is 6.42 Å². The molecule has 1 rings (SSSR count). The predicted molar refractivity (Wildman–Crippen MR) is 134 cm³/mol. The quantitative estimate of drug-likeness (QED) is 0.211. The molecule has 11 nitrogen and oxygen atoms in total. The van der Waals surface area contributed by atoms with E-state index in [4.69, 9.17) is 18.9 Å². The molecule has 1 fully saturated rings. The van der Waals surface area contributed by atoms with Crippen molar-refractivity contribution in [2.75, 3.05) is 65.7 Å². The lowest BCUT2D eigenvalue weighted by molar-refractivity contribution is -0.149. The monoisotopic (exact) mass is 567 g/mol. The van der Waals surface area contributed by atoms with E-state index in [1.54, 1.807) is 37.5 Å². The second-order valence-electron chi connectivity index (χ2n) is 8.05. The number of carbonyl (C=O) groups is 4. The van der Waals surface area contributed by atoms with Gasteiger partial charge in [0, 0.05) is 25.2 Å². The van der Waals surface area contributed by atoms with Crippen LogP contribution in [0.1, 0.15) is 47.0 Å². The van der Waals surface area contributed by atoms with Crippen molar-refractivity contribution in [2.24, 2.45) is 0 Å². The fourth-order valence-electron chi connectivity index (χ4n) is 3.95. The molecule has 0 aromatic carbocycles. The maximum absolute atomic E-state index is 12.0. The minimum atomic E-state index is -0.394. The Bertz CT molecular complexity index is 560. The van der Waals surface area contributed by atoms with E-state index in [9.17, 15) is 19.2 Å². The molecule has 1 aliphatic rings. The Morgan fingerprint density at radius 2 is 0.914 bits per heavy atom. The average molecular weight is 569 g/mol. The molecule has 0 saturated carbocycles. The zero-order valence-corrected chi connectivity index (χ0v) is 23.1. The van der Waals surface area contributed by atoms with Crippen LogP contribution in [0.5, 0.6) is 0 Å². The molecule has 0 aliphatic carbocycles. The average Bonchev–Trinajstić information content (AvgIpc) is 2.74. The first-order valence-corrected chi connectivity index (χ1v) is 12.1. The summed E-state index contributed by atoms with van der Waals surface area (Å²) in [5.41, 5.74) is 0. The van der Waals surface area contributed by atoms with Gasteiger partial charge in [-0.3, -0.25) is 29.0 Å². The Balaban J connectivity index is 0.0000116.